The topological polar surface area (TPSA) is 96.0 Å². The SMILES string of the molecule is CCNC(=O)NC(=O)CSc1nnc(Nc2ccccc2C(F)(F)F)s1. The van der Waals surface area contributed by atoms with Gasteiger partial charge < -0.3 is 10.6 Å². The maximum absolute atomic E-state index is 13.0. The summed E-state index contributed by atoms with van der Waals surface area (Å²) in [6.07, 6.45) is -4.50. The van der Waals surface area contributed by atoms with E-state index in [0.717, 1.165) is 29.2 Å². The van der Waals surface area contributed by atoms with Crippen LogP contribution in [0.15, 0.2) is 28.6 Å². The molecule has 2 aromatic rings. The Hall–Kier alpha value is -2.34. The fourth-order valence-electron chi connectivity index (χ4n) is 1.77. The van der Waals surface area contributed by atoms with Crippen molar-refractivity contribution in [3.8, 4) is 0 Å². The number of hydrogen-bond acceptors (Lipinski definition) is 7. The zero-order chi connectivity index (χ0) is 19.2. The highest BCUT2D eigenvalue weighted by molar-refractivity contribution is 8.01. The molecule has 0 unspecified atom stereocenters. The molecular weight excluding hydrogens is 391 g/mol. The standard InChI is InChI=1S/C14H14F3N5O2S2/c1-2-18-11(24)20-10(23)7-25-13-22-21-12(26-13)19-9-6-4-3-5-8(9)14(15,16)17/h3-6H,2,7H2,1H3,(H,19,21)(H2,18,20,23,24). The average Bonchev–Trinajstić information content (AvgIpc) is 3.00. The number of nitrogens with one attached hydrogen (secondary N) is 3. The van der Waals surface area contributed by atoms with E-state index in [-0.39, 0.29) is 16.6 Å². The molecule has 0 radical (unpaired) electrons. The molecule has 3 N–H and O–H groups in total. The first-order valence-corrected chi connectivity index (χ1v) is 9.07. The van der Waals surface area contributed by atoms with Gasteiger partial charge in [0.2, 0.25) is 11.0 Å². The molecule has 7 nitrogen and oxygen atoms in total. The molecule has 12 heteroatoms. The van der Waals surface area contributed by atoms with E-state index in [4.69, 9.17) is 0 Å². The molecule has 2 rings (SSSR count). The number of nitrogens with zero attached hydrogens (tertiary/aromatic N) is 2. The first kappa shape index (κ1) is 20.0. The Balaban J connectivity index is 1.95. The number of carbonyl (C=O) groups excluding carboxylic acids is 2. The van der Waals surface area contributed by atoms with Gasteiger partial charge in [-0.1, -0.05) is 35.2 Å². The Bertz CT molecular complexity index is 782. The number of aromatic nitrogens is 2. The van der Waals surface area contributed by atoms with Gasteiger partial charge >= 0.3 is 12.2 Å². The third kappa shape index (κ3) is 5.88. The number of para-hydroxylation sites is 1. The van der Waals surface area contributed by atoms with Crippen LogP contribution in [0.5, 0.6) is 0 Å². The fraction of sp³-hybridized carbons (Fsp3) is 0.286. The number of urea groups is 1. The molecule has 0 aliphatic rings. The summed E-state index contributed by atoms with van der Waals surface area (Å²) in [6, 6.07) is 4.42. The molecule has 1 aromatic carbocycles. The summed E-state index contributed by atoms with van der Waals surface area (Å²) in [7, 11) is 0. The van der Waals surface area contributed by atoms with Crippen LogP contribution < -0.4 is 16.0 Å². The Morgan fingerprint density at radius 3 is 2.65 bits per heavy atom. The quantitative estimate of drug-likeness (QED) is 0.639. The lowest BCUT2D eigenvalue weighted by Crippen LogP contribution is -2.40. The van der Waals surface area contributed by atoms with Crippen LogP contribution in [0.1, 0.15) is 12.5 Å². The highest BCUT2D eigenvalue weighted by Gasteiger charge is 2.33. The number of hydrogen-bond donors (Lipinski definition) is 3. The summed E-state index contributed by atoms with van der Waals surface area (Å²) in [6.45, 7) is 2.10. The van der Waals surface area contributed by atoms with Crippen molar-refractivity contribution in [2.45, 2.75) is 17.4 Å². The number of benzene rings is 1. The Morgan fingerprint density at radius 1 is 1.23 bits per heavy atom. The van der Waals surface area contributed by atoms with Crippen molar-refractivity contribution in [1.29, 1.82) is 0 Å². The van der Waals surface area contributed by atoms with Crippen molar-refractivity contribution in [2.24, 2.45) is 0 Å². The second-order valence-corrected chi connectivity index (χ2v) is 6.94. The minimum Gasteiger partial charge on any atom is -0.338 e. The van der Waals surface area contributed by atoms with E-state index in [9.17, 15) is 22.8 Å². The first-order valence-electron chi connectivity index (χ1n) is 7.27. The molecule has 140 valence electrons. The molecular formula is C14H14F3N5O2S2. The Kier molecular flexibility index (Phi) is 6.80. The van der Waals surface area contributed by atoms with Gasteiger partial charge in [-0.2, -0.15) is 13.2 Å². The summed E-state index contributed by atoms with van der Waals surface area (Å²) in [4.78, 5) is 22.8. The number of alkyl halides is 3. The molecule has 0 spiro atoms. The molecule has 0 bridgehead atoms. The second-order valence-electron chi connectivity index (χ2n) is 4.74. The van der Waals surface area contributed by atoms with E-state index in [0.29, 0.717) is 10.9 Å². The van der Waals surface area contributed by atoms with Gasteiger partial charge in [0, 0.05) is 6.54 Å². The molecule has 0 saturated carbocycles. The van der Waals surface area contributed by atoms with E-state index in [1.54, 1.807) is 6.92 Å². The fourth-order valence-corrected chi connectivity index (χ4v) is 3.33. The van der Waals surface area contributed by atoms with E-state index in [1.165, 1.54) is 18.2 Å². The predicted octanol–water partition coefficient (Wildman–Crippen LogP) is 3.24. The molecule has 1 heterocycles. The molecule has 0 fully saturated rings. The van der Waals surface area contributed by atoms with Gasteiger partial charge in [-0.05, 0) is 19.1 Å². The van der Waals surface area contributed by atoms with Crippen LogP contribution >= 0.6 is 23.1 Å². The molecule has 0 aliphatic carbocycles. The van der Waals surface area contributed by atoms with E-state index in [1.807, 2.05) is 0 Å². The minimum atomic E-state index is -4.50. The molecule has 1 aromatic heterocycles. The number of thioether (sulfide) groups is 1. The zero-order valence-electron chi connectivity index (χ0n) is 13.4. The number of halogens is 3. The summed E-state index contributed by atoms with van der Waals surface area (Å²) >= 11 is 2.02. The van der Waals surface area contributed by atoms with Crippen LogP contribution in [-0.4, -0.2) is 34.4 Å². The van der Waals surface area contributed by atoms with Crippen molar-refractivity contribution < 1.29 is 22.8 Å². The summed E-state index contributed by atoms with van der Waals surface area (Å²) in [5, 5.41) is 14.8. The van der Waals surface area contributed by atoms with Gasteiger partial charge in [-0.3, -0.25) is 10.1 Å². The molecule has 0 saturated heterocycles. The van der Waals surface area contributed by atoms with Crippen LogP contribution in [0.25, 0.3) is 0 Å². The monoisotopic (exact) mass is 405 g/mol. The van der Waals surface area contributed by atoms with Crippen molar-refractivity contribution in [3.05, 3.63) is 29.8 Å². The van der Waals surface area contributed by atoms with Gasteiger partial charge in [-0.15, -0.1) is 10.2 Å². The van der Waals surface area contributed by atoms with Crippen LogP contribution in [0.3, 0.4) is 0 Å². The van der Waals surface area contributed by atoms with Crippen LogP contribution in [0.4, 0.5) is 28.8 Å². The zero-order valence-corrected chi connectivity index (χ0v) is 15.0. The van der Waals surface area contributed by atoms with Gasteiger partial charge in [0.25, 0.3) is 0 Å². The third-order valence-corrected chi connectivity index (χ3v) is 4.77. The van der Waals surface area contributed by atoms with Crippen LogP contribution in [0.2, 0.25) is 0 Å². The number of amides is 3. The molecule has 26 heavy (non-hydrogen) atoms. The lowest BCUT2D eigenvalue weighted by atomic mass is 10.2. The number of imide groups is 1. The Morgan fingerprint density at radius 2 is 1.96 bits per heavy atom. The van der Waals surface area contributed by atoms with Crippen molar-refractivity contribution in [2.75, 3.05) is 17.6 Å². The van der Waals surface area contributed by atoms with Crippen LogP contribution in [0, 0.1) is 0 Å². The number of carbonyl (C=O) groups is 2. The average molecular weight is 405 g/mol. The van der Waals surface area contributed by atoms with Crippen molar-refractivity contribution in [3.63, 3.8) is 0 Å². The second kappa shape index (κ2) is 8.85. The summed E-state index contributed by atoms with van der Waals surface area (Å²) in [5.41, 5.74) is -0.951. The maximum atomic E-state index is 13.0. The van der Waals surface area contributed by atoms with Crippen molar-refractivity contribution >= 4 is 45.9 Å². The van der Waals surface area contributed by atoms with E-state index in [2.05, 4.69) is 26.1 Å². The van der Waals surface area contributed by atoms with Crippen molar-refractivity contribution in [1.82, 2.24) is 20.8 Å². The van der Waals surface area contributed by atoms with Gasteiger partial charge in [-0.25, -0.2) is 4.79 Å². The Labute approximate surface area is 154 Å². The molecule has 0 atom stereocenters. The largest absolute Gasteiger partial charge is 0.418 e. The minimum absolute atomic E-state index is 0.0785. The van der Waals surface area contributed by atoms with E-state index < -0.39 is 23.7 Å². The third-order valence-electron chi connectivity index (χ3n) is 2.80. The number of rotatable bonds is 6. The molecule has 3 amide bonds. The maximum Gasteiger partial charge on any atom is 0.418 e. The lowest BCUT2D eigenvalue weighted by molar-refractivity contribution is -0.137. The highest BCUT2D eigenvalue weighted by atomic mass is 32.2. The van der Waals surface area contributed by atoms with E-state index >= 15 is 0 Å². The highest BCUT2D eigenvalue weighted by Crippen LogP contribution is 2.36. The predicted molar refractivity (Wildman–Crippen MR) is 92.6 cm³/mol. The number of anilines is 2. The summed E-state index contributed by atoms with van der Waals surface area (Å²) in [5.74, 6) is -0.599. The van der Waals surface area contributed by atoms with Gasteiger partial charge in [0.1, 0.15) is 0 Å². The first-order chi connectivity index (χ1) is 12.3. The normalized spacial score (nSPS) is 11.1. The summed E-state index contributed by atoms with van der Waals surface area (Å²) < 4.78 is 39.3. The molecule has 0 aliphatic heterocycles. The smallest absolute Gasteiger partial charge is 0.338 e. The van der Waals surface area contributed by atoms with Gasteiger partial charge in [0.15, 0.2) is 4.34 Å². The van der Waals surface area contributed by atoms with Gasteiger partial charge in [0.05, 0.1) is 17.0 Å². The van der Waals surface area contributed by atoms with Crippen LogP contribution in [-0.2, 0) is 11.0 Å². The lowest BCUT2D eigenvalue weighted by Gasteiger charge is -2.12.